The maximum Gasteiger partial charge on any atom is 0.490 e. The van der Waals surface area contributed by atoms with Gasteiger partial charge in [0, 0.05) is 0 Å². The van der Waals surface area contributed by atoms with Crippen molar-refractivity contribution in [1.82, 2.24) is 0 Å². The van der Waals surface area contributed by atoms with Crippen molar-refractivity contribution in [1.29, 1.82) is 0 Å². The monoisotopic (exact) mass is 323 g/mol. The number of halogens is 7. The second-order valence-corrected chi connectivity index (χ2v) is 3.57. The topological polar surface area (TPSA) is 52.3 Å². The molecule has 1 aromatic carbocycles. The Labute approximate surface area is 114 Å². The van der Waals surface area contributed by atoms with Gasteiger partial charge in [-0.3, -0.25) is 0 Å². The number of nitrogens with two attached hydrogens (primary N) is 1. The number of anilines is 1. The van der Waals surface area contributed by atoms with Crippen LogP contribution in [-0.2, 0) is 15.7 Å². The number of benzene rings is 1. The van der Waals surface area contributed by atoms with Gasteiger partial charge < -0.3 is 10.5 Å². The van der Waals surface area contributed by atoms with Gasteiger partial charge in [-0.2, -0.15) is 26.3 Å². The first-order valence-corrected chi connectivity index (χ1v) is 5.05. The summed E-state index contributed by atoms with van der Waals surface area (Å²) in [6.45, 7) is 0. The Hall–Kier alpha value is -1.64. The van der Waals surface area contributed by atoms with Crippen molar-refractivity contribution in [3.63, 3.8) is 0 Å². The van der Waals surface area contributed by atoms with Gasteiger partial charge >= 0.3 is 18.3 Å². The first-order chi connectivity index (χ1) is 8.91. The van der Waals surface area contributed by atoms with Gasteiger partial charge in [-0.05, 0) is 12.1 Å². The van der Waals surface area contributed by atoms with E-state index >= 15 is 0 Å². The highest BCUT2D eigenvalue weighted by molar-refractivity contribution is 6.33. The number of ether oxygens (including phenoxy) is 1. The zero-order valence-electron chi connectivity index (χ0n) is 9.77. The van der Waals surface area contributed by atoms with Crippen LogP contribution in [0.15, 0.2) is 18.2 Å². The molecule has 0 spiro atoms. The lowest BCUT2D eigenvalue weighted by molar-refractivity contribution is -0.196. The molecule has 0 amide bonds. The molecule has 2 N–H and O–H groups in total. The van der Waals surface area contributed by atoms with Crippen LogP contribution in [0.1, 0.15) is 5.56 Å². The van der Waals surface area contributed by atoms with Gasteiger partial charge in [-0.25, -0.2) is 4.79 Å². The second-order valence-electron chi connectivity index (χ2n) is 3.20. The quantitative estimate of drug-likeness (QED) is 0.450. The number of hydrogen-bond donors (Lipinski definition) is 1. The van der Waals surface area contributed by atoms with Gasteiger partial charge in [0.2, 0.25) is 0 Å². The highest BCUT2D eigenvalue weighted by Crippen LogP contribution is 2.36. The fourth-order valence-electron chi connectivity index (χ4n) is 0.884. The number of hydrogen-bond acceptors (Lipinski definition) is 3. The molecule has 1 aromatic rings. The summed E-state index contributed by atoms with van der Waals surface area (Å²) in [5, 5.41) is -0.440. The molecule has 0 saturated carbocycles. The molecule has 0 heterocycles. The number of esters is 1. The Balaban J connectivity index is 0.000000396. The average molecular weight is 324 g/mol. The molecule has 0 fully saturated rings. The Bertz CT molecular complexity index is 472. The molecule has 0 radical (unpaired) electrons. The van der Waals surface area contributed by atoms with Crippen LogP contribution >= 0.6 is 11.6 Å². The predicted octanol–water partition coefficient (Wildman–Crippen LogP) is 3.66. The number of methoxy groups -OCH3 is 1. The van der Waals surface area contributed by atoms with Crippen molar-refractivity contribution < 1.29 is 35.9 Å². The lowest BCUT2D eigenvalue weighted by atomic mass is 10.2. The third-order valence-corrected chi connectivity index (χ3v) is 2.17. The first kappa shape index (κ1) is 18.4. The van der Waals surface area contributed by atoms with Crippen LogP contribution in [0.5, 0.6) is 0 Å². The summed E-state index contributed by atoms with van der Waals surface area (Å²) >= 11 is 5.33. The second kappa shape index (κ2) is 6.69. The maximum atomic E-state index is 12.1. The molecule has 0 bridgehead atoms. The number of carbonyl (C=O) groups is 1. The van der Waals surface area contributed by atoms with E-state index in [0.717, 1.165) is 6.07 Å². The first-order valence-electron chi connectivity index (χ1n) is 4.67. The smallest absolute Gasteiger partial charge is 0.462 e. The molecule has 0 saturated heterocycles. The standard InChI is InChI=1S/C7H5ClF3N.C3H3F3O2/c8-6-4(7(9,10)11)2-1-3-5(6)12;1-8-2(7)3(4,5)6/h1-3H,12H2;1H3. The van der Waals surface area contributed by atoms with Gasteiger partial charge in [0.25, 0.3) is 0 Å². The van der Waals surface area contributed by atoms with Crippen LogP contribution in [0.25, 0.3) is 0 Å². The Morgan fingerprint density at radius 1 is 1.20 bits per heavy atom. The SMILES string of the molecule is COC(=O)C(F)(F)F.Nc1cccc(C(F)(F)F)c1Cl. The zero-order valence-corrected chi connectivity index (χ0v) is 10.5. The van der Waals surface area contributed by atoms with Crippen LogP contribution < -0.4 is 5.73 Å². The van der Waals surface area contributed by atoms with Gasteiger partial charge in [0.05, 0.1) is 23.4 Å². The fraction of sp³-hybridized carbons (Fsp3) is 0.300. The van der Waals surface area contributed by atoms with E-state index in [-0.39, 0.29) is 5.69 Å². The summed E-state index contributed by atoms with van der Waals surface area (Å²) in [6, 6.07) is 3.42. The van der Waals surface area contributed by atoms with Crippen molar-refractivity contribution in [3.05, 3.63) is 28.8 Å². The average Bonchev–Trinajstić information content (AvgIpc) is 2.29. The van der Waals surface area contributed by atoms with Crippen molar-refractivity contribution in [2.45, 2.75) is 12.4 Å². The zero-order chi connectivity index (χ0) is 16.1. The third-order valence-electron chi connectivity index (χ3n) is 1.75. The molecular formula is C10H8ClF6NO2. The number of rotatable bonds is 0. The van der Waals surface area contributed by atoms with Crippen molar-refractivity contribution in [2.75, 3.05) is 12.8 Å². The Morgan fingerprint density at radius 2 is 1.70 bits per heavy atom. The molecule has 20 heavy (non-hydrogen) atoms. The van der Waals surface area contributed by atoms with Crippen LogP contribution in [0.2, 0.25) is 5.02 Å². The largest absolute Gasteiger partial charge is 0.490 e. The molecule has 114 valence electrons. The molecule has 0 aliphatic heterocycles. The highest BCUT2D eigenvalue weighted by Gasteiger charge is 2.40. The minimum absolute atomic E-state index is 0.0634. The van der Waals surface area contributed by atoms with Crippen LogP contribution in [-0.4, -0.2) is 19.3 Å². The number of alkyl halides is 6. The number of nitrogen functional groups attached to an aromatic ring is 1. The van der Waals surface area contributed by atoms with E-state index in [9.17, 15) is 31.1 Å². The summed E-state index contributed by atoms with van der Waals surface area (Å²) in [4.78, 5) is 9.49. The lowest BCUT2D eigenvalue weighted by Gasteiger charge is -2.09. The highest BCUT2D eigenvalue weighted by atomic mass is 35.5. The summed E-state index contributed by atoms with van der Waals surface area (Å²) < 4.78 is 72.5. The summed E-state index contributed by atoms with van der Waals surface area (Å²) in [5.41, 5.74) is 4.22. The fourth-order valence-corrected chi connectivity index (χ4v) is 1.12. The molecule has 1 rings (SSSR count). The van der Waals surface area contributed by atoms with E-state index < -0.39 is 28.9 Å². The van der Waals surface area contributed by atoms with E-state index in [4.69, 9.17) is 17.3 Å². The molecule has 10 heteroatoms. The van der Waals surface area contributed by atoms with Crippen molar-refractivity contribution >= 4 is 23.3 Å². The molecule has 3 nitrogen and oxygen atoms in total. The van der Waals surface area contributed by atoms with Crippen LogP contribution in [0.4, 0.5) is 32.0 Å². The number of carbonyl (C=O) groups excluding carboxylic acids is 1. The predicted molar refractivity (Wildman–Crippen MR) is 58.9 cm³/mol. The maximum absolute atomic E-state index is 12.1. The van der Waals surface area contributed by atoms with E-state index in [0.29, 0.717) is 7.11 Å². The Kier molecular flexibility index (Phi) is 6.14. The van der Waals surface area contributed by atoms with E-state index in [2.05, 4.69) is 4.74 Å². The van der Waals surface area contributed by atoms with E-state index in [1.54, 1.807) is 0 Å². The molecule has 0 aliphatic rings. The van der Waals surface area contributed by atoms with Gasteiger partial charge in [-0.1, -0.05) is 17.7 Å². The van der Waals surface area contributed by atoms with Crippen LogP contribution in [0.3, 0.4) is 0 Å². The summed E-state index contributed by atoms with van der Waals surface area (Å²) in [7, 11) is 0.676. The molecule has 0 atom stereocenters. The Morgan fingerprint density at radius 3 is 1.95 bits per heavy atom. The van der Waals surface area contributed by atoms with Crippen molar-refractivity contribution in [2.24, 2.45) is 0 Å². The normalized spacial score (nSPS) is 11.4. The minimum Gasteiger partial charge on any atom is -0.462 e. The molecule has 0 aromatic heterocycles. The van der Waals surface area contributed by atoms with Gasteiger partial charge in [0.1, 0.15) is 0 Å². The van der Waals surface area contributed by atoms with E-state index in [1.165, 1.54) is 12.1 Å². The molecule has 0 unspecified atom stereocenters. The van der Waals surface area contributed by atoms with E-state index in [1.807, 2.05) is 0 Å². The van der Waals surface area contributed by atoms with Gasteiger partial charge in [-0.15, -0.1) is 0 Å². The lowest BCUT2D eigenvalue weighted by Crippen LogP contribution is -2.23. The molecule has 0 aliphatic carbocycles. The van der Waals surface area contributed by atoms with Crippen LogP contribution in [0, 0.1) is 0 Å². The third kappa shape index (κ3) is 5.55. The summed E-state index contributed by atoms with van der Waals surface area (Å²) in [6.07, 6.45) is -9.29. The minimum atomic E-state index is -4.85. The summed E-state index contributed by atoms with van der Waals surface area (Å²) in [5.74, 6) is -2.17. The molecular weight excluding hydrogens is 316 g/mol. The van der Waals surface area contributed by atoms with Crippen molar-refractivity contribution in [3.8, 4) is 0 Å². The van der Waals surface area contributed by atoms with Gasteiger partial charge in [0.15, 0.2) is 0 Å².